The number of ether oxygens (including phenoxy) is 1. The van der Waals surface area contributed by atoms with E-state index >= 15 is 0 Å². The van der Waals surface area contributed by atoms with Crippen molar-refractivity contribution in [2.75, 3.05) is 49.6 Å². The second-order valence-corrected chi connectivity index (χ2v) is 12.4. The minimum Gasteiger partial charge on any atom is -0.394 e. The molecule has 1 N–H and O–H groups in total. The number of likely N-dealkylation sites (tertiary alicyclic amines) is 1. The van der Waals surface area contributed by atoms with Gasteiger partial charge in [0.15, 0.2) is 0 Å². The van der Waals surface area contributed by atoms with E-state index in [2.05, 4.69) is 18.7 Å². The first-order valence-corrected chi connectivity index (χ1v) is 14.9. The van der Waals surface area contributed by atoms with Crippen molar-refractivity contribution in [1.29, 1.82) is 0 Å². The molecule has 4 aliphatic heterocycles. The average molecular weight is 565 g/mol. The molecule has 0 bridgehead atoms. The van der Waals surface area contributed by atoms with Crippen LogP contribution in [0.5, 0.6) is 0 Å². The van der Waals surface area contributed by atoms with Crippen LogP contribution in [-0.4, -0.2) is 95.7 Å². The zero-order valence-corrected chi connectivity index (χ0v) is 25.1. The highest BCUT2D eigenvalue weighted by Gasteiger charge is 2.75. The highest BCUT2D eigenvalue weighted by molar-refractivity contribution is 6.06. The van der Waals surface area contributed by atoms with Gasteiger partial charge in [-0.15, -0.1) is 0 Å². The summed E-state index contributed by atoms with van der Waals surface area (Å²) < 4.78 is 6.86. The lowest BCUT2D eigenvalue weighted by Gasteiger charge is -2.40. The molecule has 1 spiro atoms. The molecule has 1 aromatic carbocycles. The number of likely N-dealkylation sites (N-methyl/N-ethyl adjacent to an activating group) is 1. The fraction of sp³-hybridized carbons (Fsp3) is 0.594. The molecule has 6 atom stereocenters. The van der Waals surface area contributed by atoms with Crippen LogP contribution in [0.3, 0.4) is 0 Å². The van der Waals surface area contributed by atoms with Gasteiger partial charge in [0.1, 0.15) is 11.6 Å². The molecule has 3 amide bonds. The number of aliphatic hydroxyl groups is 1. The Hall–Kier alpha value is -3.17. The van der Waals surface area contributed by atoms with Crippen LogP contribution in [0.4, 0.5) is 11.4 Å². The van der Waals surface area contributed by atoms with Crippen molar-refractivity contribution >= 4 is 29.1 Å². The van der Waals surface area contributed by atoms with Crippen LogP contribution in [0.2, 0.25) is 0 Å². The normalized spacial score (nSPS) is 31.8. The predicted octanol–water partition coefficient (Wildman–Crippen LogP) is 2.84. The summed E-state index contributed by atoms with van der Waals surface area (Å²) in [4.78, 5) is 50.1. The van der Waals surface area contributed by atoms with Gasteiger partial charge in [0, 0.05) is 44.6 Å². The maximum absolute atomic E-state index is 14.7. The fourth-order valence-corrected chi connectivity index (χ4v) is 7.46. The van der Waals surface area contributed by atoms with Crippen molar-refractivity contribution in [2.45, 2.75) is 64.3 Å². The Balaban J connectivity index is 1.62. The summed E-state index contributed by atoms with van der Waals surface area (Å²) in [6.45, 7) is 12.3. The number of amides is 3. The molecule has 5 rings (SSSR count). The first kappa shape index (κ1) is 29.3. The number of nitrogens with zero attached hydrogens (tertiary/aromatic N) is 4. The summed E-state index contributed by atoms with van der Waals surface area (Å²) in [6, 6.07) is 6.31. The molecule has 2 fully saturated rings. The van der Waals surface area contributed by atoms with E-state index < -0.39 is 35.1 Å². The third kappa shape index (κ3) is 4.57. The molecule has 1 aromatic rings. The van der Waals surface area contributed by atoms with Gasteiger partial charge < -0.3 is 29.4 Å². The van der Waals surface area contributed by atoms with Crippen molar-refractivity contribution in [3.63, 3.8) is 0 Å². The standard InChI is InChI=1S/C32H44N4O5/c1-7-34(8-2)22-11-13-23(14-12-22)35-18-10-16-32-26(25-28(38)33(6)17-9-15-31(25,5)41-32)29(39)36(27(32)30(35)40)24(20-37)19-21(3)4/h9-16,21,24-27,37H,7-8,17-20H2,1-6H3/t24-,25+,26+,27?,31-,32+/m1/s1. The molecule has 9 heteroatoms. The van der Waals surface area contributed by atoms with Crippen molar-refractivity contribution in [1.82, 2.24) is 9.80 Å². The number of fused-ring (bicyclic) bond motifs is 2. The van der Waals surface area contributed by atoms with Crippen LogP contribution >= 0.6 is 0 Å². The van der Waals surface area contributed by atoms with Crippen LogP contribution in [0.25, 0.3) is 0 Å². The van der Waals surface area contributed by atoms with Gasteiger partial charge in [0.25, 0.3) is 5.91 Å². The first-order chi connectivity index (χ1) is 19.5. The van der Waals surface area contributed by atoms with E-state index in [1.807, 2.05) is 69.3 Å². The van der Waals surface area contributed by atoms with Gasteiger partial charge >= 0.3 is 0 Å². The number of hydrogen-bond donors (Lipinski definition) is 1. The van der Waals surface area contributed by atoms with Crippen LogP contribution < -0.4 is 9.80 Å². The van der Waals surface area contributed by atoms with Gasteiger partial charge in [0.05, 0.1) is 30.1 Å². The summed E-state index contributed by atoms with van der Waals surface area (Å²) in [5, 5.41) is 10.5. The molecular formula is C32H44N4O5. The molecule has 0 saturated carbocycles. The van der Waals surface area contributed by atoms with Crippen LogP contribution in [0.15, 0.2) is 48.6 Å². The van der Waals surface area contributed by atoms with Crippen molar-refractivity contribution in [2.24, 2.45) is 17.8 Å². The number of carbonyl (C=O) groups excluding carboxylic acids is 3. The number of anilines is 2. The van der Waals surface area contributed by atoms with Gasteiger partial charge in [-0.3, -0.25) is 14.4 Å². The summed E-state index contributed by atoms with van der Waals surface area (Å²) in [6.07, 6.45) is 8.04. The van der Waals surface area contributed by atoms with E-state index in [1.165, 1.54) is 0 Å². The number of benzene rings is 1. The Morgan fingerprint density at radius 1 is 0.976 bits per heavy atom. The monoisotopic (exact) mass is 564 g/mol. The van der Waals surface area contributed by atoms with Gasteiger partial charge in [-0.2, -0.15) is 0 Å². The minimum atomic E-state index is -1.34. The Labute approximate surface area is 243 Å². The largest absolute Gasteiger partial charge is 0.394 e. The summed E-state index contributed by atoms with van der Waals surface area (Å²) in [5.41, 5.74) is -0.594. The second-order valence-electron chi connectivity index (χ2n) is 12.4. The van der Waals surface area contributed by atoms with E-state index in [0.717, 1.165) is 24.5 Å². The highest BCUT2D eigenvalue weighted by Crippen LogP contribution is 2.58. The SMILES string of the molecule is CCN(CC)c1ccc(N2CC=C[C@]34O[C@]5(C)C=CCN(C)C(=O)[C@@H]5[C@H]3C(=O)N([C@@H](CO)CC(C)C)C4C2=O)cc1. The summed E-state index contributed by atoms with van der Waals surface area (Å²) in [5.74, 6) is -2.25. The molecule has 222 valence electrons. The molecule has 41 heavy (non-hydrogen) atoms. The Morgan fingerprint density at radius 2 is 1.63 bits per heavy atom. The van der Waals surface area contributed by atoms with Crippen molar-refractivity contribution < 1.29 is 24.2 Å². The van der Waals surface area contributed by atoms with Crippen molar-refractivity contribution in [3.05, 3.63) is 48.6 Å². The lowest BCUT2D eigenvalue weighted by atomic mass is 9.74. The van der Waals surface area contributed by atoms with Gasteiger partial charge in [-0.05, 0) is 57.4 Å². The Morgan fingerprint density at radius 3 is 2.24 bits per heavy atom. The molecule has 0 radical (unpaired) electrons. The lowest BCUT2D eigenvalue weighted by Crippen LogP contribution is -2.59. The molecule has 4 aliphatic rings. The molecule has 1 unspecified atom stereocenters. The molecule has 0 aromatic heterocycles. The quantitative estimate of drug-likeness (QED) is 0.488. The van der Waals surface area contributed by atoms with E-state index in [4.69, 9.17) is 4.74 Å². The summed E-state index contributed by atoms with van der Waals surface area (Å²) >= 11 is 0. The zero-order chi connectivity index (χ0) is 29.7. The Kier molecular flexibility index (Phi) is 7.80. The van der Waals surface area contributed by atoms with Gasteiger partial charge in [-0.1, -0.05) is 38.2 Å². The number of carbonyl (C=O) groups is 3. The summed E-state index contributed by atoms with van der Waals surface area (Å²) in [7, 11) is 1.73. The first-order valence-electron chi connectivity index (χ1n) is 14.9. The molecule has 4 heterocycles. The fourth-order valence-electron chi connectivity index (χ4n) is 7.46. The average Bonchev–Trinajstić information content (AvgIpc) is 3.23. The highest BCUT2D eigenvalue weighted by atomic mass is 16.5. The van der Waals surface area contributed by atoms with Gasteiger partial charge in [-0.25, -0.2) is 0 Å². The molecule has 2 saturated heterocycles. The zero-order valence-electron chi connectivity index (χ0n) is 25.1. The second kappa shape index (κ2) is 10.9. The molecule has 9 nitrogen and oxygen atoms in total. The van der Waals surface area contributed by atoms with Gasteiger partial charge in [0.2, 0.25) is 11.8 Å². The topological polar surface area (TPSA) is 93.6 Å². The minimum absolute atomic E-state index is 0.174. The van der Waals surface area contributed by atoms with E-state index in [9.17, 15) is 19.5 Å². The third-order valence-electron chi connectivity index (χ3n) is 9.33. The number of aliphatic hydroxyl groups excluding tert-OH is 1. The van der Waals surface area contributed by atoms with Crippen LogP contribution in [0, 0.1) is 17.8 Å². The number of rotatable bonds is 8. The molecule has 0 aliphatic carbocycles. The van der Waals surface area contributed by atoms with E-state index in [1.54, 1.807) is 21.7 Å². The van der Waals surface area contributed by atoms with Crippen LogP contribution in [0.1, 0.15) is 41.0 Å². The third-order valence-corrected chi connectivity index (χ3v) is 9.33. The van der Waals surface area contributed by atoms with E-state index in [-0.39, 0.29) is 30.2 Å². The van der Waals surface area contributed by atoms with Crippen molar-refractivity contribution in [3.8, 4) is 0 Å². The van der Waals surface area contributed by atoms with Crippen LogP contribution in [-0.2, 0) is 19.1 Å². The van der Waals surface area contributed by atoms with E-state index in [0.29, 0.717) is 19.5 Å². The maximum atomic E-state index is 14.7. The lowest BCUT2D eigenvalue weighted by molar-refractivity contribution is -0.151. The Bertz CT molecular complexity index is 1240. The number of hydrogen-bond acceptors (Lipinski definition) is 6. The maximum Gasteiger partial charge on any atom is 0.253 e. The smallest absolute Gasteiger partial charge is 0.253 e. The predicted molar refractivity (Wildman–Crippen MR) is 158 cm³/mol. The molecular weight excluding hydrogens is 520 g/mol.